The molecule has 1 unspecified atom stereocenters. The summed E-state index contributed by atoms with van der Waals surface area (Å²) in [5.74, 6) is 5.30. The first kappa shape index (κ1) is 11.2. The second-order valence-electron chi connectivity index (χ2n) is 4.04. The van der Waals surface area contributed by atoms with Crippen molar-refractivity contribution in [3.63, 3.8) is 0 Å². The van der Waals surface area contributed by atoms with Crippen LogP contribution in [0.3, 0.4) is 0 Å². The van der Waals surface area contributed by atoms with Crippen molar-refractivity contribution in [1.82, 2.24) is 5.53 Å². The van der Waals surface area contributed by atoms with Crippen molar-refractivity contribution in [3.05, 3.63) is 0 Å². The zero-order valence-electron chi connectivity index (χ0n) is 7.96. The molecule has 0 spiro atoms. The van der Waals surface area contributed by atoms with E-state index in [4.69, 9.17) is 17.3 Å². The lowest BCUT2D eigenvalue weighted by molar-refractivity contribution is 0.366. The Morgan fingerprint density at radius 3 is 2.33 bits per heavy atom. The highest BCUT2D eigenvalue weighted by Crippen LogP contribution is 2.19. The number of nitrogens with zero attached hydrogens (tertiary/aromatic N) is 1. The van der Waals surface area contributed by atoms with Gasteiger partial charge < -0.3 is 11.5 Å². The number of rotatable bonds is 3. The summed E-state index contributed by atoms with van der Waals surface area (Å²) in [5.41, 5.74) is 13.5. The van der Waals surface area contributed by atoms with E-state index in [2.05, 4.69) is 31.4 Å². The molecular weight excluding hydrogens is 154 g/mol. The lowest BCUT2D eigenvalue weighted by Gasteiger charge is -2.22. The van der Waals surface area contributed by atoms with Gasteiger partial charge in [0.25, 0.3) is 0 Å². The molecule has 0 amide bonds. The molecule has 72 valence electrons. The summed E-state index contributed by atoms with van der Waals surface area (Å²) >= 11 is 0. The van der Waals surface area contributed by atoms with Crippen molar-refractivity contribution in [1.29, 1.82) is 0 Å². The van der Waals surface area contributed by atoms with Crippen molar-refractivity contribution < 1.29 is 0 Å². The van der Waals surface area contributed by atoms with Crippen LogP contribution in [0.25, 0.3) is 0 Å². The predicted octanol–water partition coefficient (Wildman–Crippen LogP) is -0.515. The van der Waals surface area contributed by atoms with Gasteiger partial charge >= 0.3 is 0 Å². The van der Waals surface area contributed by atoms with Crippen molar-refractivity contribution in [2.75, 3.05) is 0 Å². The van der Waals surface area contributed by atoms with E-state index in [1.54, 1.807) is 0 Å². The summed E-state index contributed by atoms with van der Waals surface area (Å²) in [5, 5.41) is 3.61. The van der Waals surface area contributed by atoms with Crippen molar-refractivity contribution in [3.8, 4) is 0 Å². The first-order chi connectivity index (χ1) is 5.37. The minimum atomic E-state index is -0.235. The van der Waals surface area contributed by atoms with Gasteiger partial charge in [-0.3, -0.25) is 0 Å². The van der Waals surface area contributed by atoms with Gasteiger partial charge in [0.15, 0.2) is 0 Å². The molecule has 0 saturated carbocycles. The normalized spacial score (nSPS) is 15.9. The van der Waals surface area contributed by atoms with Gasteiger partial charge in [-0.1, -0.05) is 20.8 Å². The number of hydrogen-bond acceptors (Lipinski definition) is 4. The van der Waals surface area contributed by atoms with E-state index in [0.29, 0.717) is 5.84 Å². The zero-order valence-corrected chi connectivity index (χ0v) is 7.96. The van der Waals surface area contributed by atoms with E-state index in [9.17, 15) is 0 Å². The largest absolute Gasteiger partial charge is 0.384 e. The van der Waals surface area contributed by atoms with Crippen LogP contribution < -0.4 is 22.8 Å². The van der Waals surface area contributed by atoms with Crippen molar-refractivity contribution >= 4 is 5.84 Å². The van der Waals surface area contributed by atoms with E-state index in [-0.39, 0.29) is 11.5 Å². The number of nitrogens with two attached hydrogens (primary N) is 3. The highest BCUT2D eigenvalue weighted by atomic mass is 15.5. The Balaban J connectivity index is 4.04. The fraction of sp³-hybridized carbons (Fsp3) is 0.857. The van der Waals surface area contributed by atoms with E-state index < -0.39 is 0 Å². The van der Waals surface area contributed by atoms with Crippen LogP contribution in [-0.2, 0) is 0 Å². The molecule has 7 N–H and O–H groups in total. The summed E-state index contributed by atoms with van der Waals surface area (Å²) in [7, 11) is 0. The van der Waals surface area contributed by atoms with Crippen LogP contribution in [0.15, 0.2) is 5.10 Å². The standard InChI is InChI=1S/C7H19N5/c1-7(2,3)4-5(8)6(9)11-12-10/h5,12H,4,8,10H2,1-3H3,(H2,9,11). The van der Waals surface area contributed by atoms with Crippen LogP contribution in [0.5, 0.6) is 0 Å². The molecule has 0 aliphatic heterocycles. The van der Waals surface area contributed by atoms with Gasteiger partial charge in [0.1, 0.15) is 5.84 Å². The lowest BCUT2D eigenvalue weighted by Crippen LogP contribution is -2.41. The van der Waals surface area contributed by atoms with Crippen LogP contribution in [0.1, 0.15) is 27.2 Å². The molecule has 1 atom stereocenters. The highest BCUT2D eigenvalue weighted by Gasteiger charge is 2.17. The van der Waals surface area contributed by atoms with Gasteiger partial charge in [-0.2, -0.15) is 5.10 Å². The summed E-state index contributed by atoms with van der Waals surface area (Å²) < 4.78 is 0. The van der Waals surface area contributed by atoms with E-state index in [1.807, 2.05) is 0 Å². The zero-order chi connectivity index (χ0) is 9.78. The minimum absolute atomic E-state index is 0.147. The quantitative estimate of drug-likeness (QED) is 0.200. The molecule has 0 aromatic rings. The van der Waals surface area contributed by atoms with Gasteiger partial charge in [0.2, 0.25) is 0 Å². The van der Waals surface area contributed by atoms with E-state index in [1.165, 1.54) is 0 Å². The smallest absolute Gasteiger partial charge is 0.138 e. The number of nitrogens with one attached hydrogen (secondary N) is 1. The number of amidine groups is 1. The van der Waals surface area contributed by atoms with Crippen LogP contribution in [0.4, 0.5) is 0 Å². The average molecular weight is 173 g/mol. The molecule has 0 rings (SSSR count). The SMILES string of the molecule is CC(C)(C)CC(N)/C(N)=N/NN. The Morgan fingerprint density at radius 2 is 2.00 bits per heavy atom. The third-order valence-corrected chi connectivity index (χ3v) is 1.41. The molecule has 0 aliphatic rings. The Morgan fingerprint density at radius 1 is 1.50 bits per heavy atom. The maximum Gasteiger partial charge on any atom is 0.138 e. The maximum absolute atomic E-state index is 5.74. The average Bonchev–Trinajstić information content (AvgIpc) is 1.84. The maximum atomic E-state index is 5.74. The Hall–Kier alpha value is -0.810. The first-order valence-electron chi connectivity index (χ1n) is 3.91. The third kappa shape index (κ3) is 4.92. The summed E-state index contributed by atoms with van der Waals surface area (Å²) in [6.07, 6.45) is 0.782. The van der Waals surface area contributed by atoms with E-state index >= 15 is 0 Å². The van der Waals surface area contributed by atoms with E-state index in [0.717, 1.165) is 6.42 Å². The molecule has 0 saturated heterocycles. The molecule has 5 nitrogen and oxygen atoms in total. The molecule has 12 heavy (non-hydrogen) atoms. The molecule has 5 heteroatoms. The van der Waals surface area contributed by atoms with Gasteiger partial charge in [-0.25, -0.2) is 11.4 Å². The number of hydrazine groups is 1. The van der Waals surface area contributed by atoms with Gasteiger partial charge in [0, 0.05) is 0 Å². The molecule has 0 aromatic carbocycles. The molecule has 0 aliphatic carbocycles. The molecule has 0 radical (unpaired) electrons. The monoisotopic (exact) mass is 173 g/mol. The van der Waals surface area contributed by atoms with Crippen molar-refractivity contribution in [2.45, 2.75) is 33.2 Å². The second kappa shape index (κ2) is 4.27. The van der Waals surface area contributed by atoms with Crippen LogP contribution in [0, 0.1) is 5.41 Å². The Bertz CT molecular complexity index is 158. The lowest BCUT2D eigenvalue weighted by atomic mass is 9.88. The second-order valence-corrected chi connectivity index (χ2v) is 4.04. The summed E-state index contributed by atoms with van der Waals surface area (Å²) in [6.45, 7) is 6.28. The molecule has 0 heterocycles. The first-order valence-corrected chi connectivity index (χ1v) is 3.91. The van der Waals surface area contributed by atoms with Crippen LogP contribution in [-0.4, -0.2) is 11.9 Å². The Kier molecular flexibility index (Phi) is 3.99. The Labute approximate surface area is 73.3 Å². The fourth-order valence-corrected chi connectivity index (χ4v) is 0.922. The summed E-state index contributed by atoms with van der Waals surface area (Å²) in [6, 6.07) is -0.235. The fourth-order valence-electron chi connectivity index (χ4n) is 0.922. The molecule has 0 bridgehead atoms. The van der Waals surface area contributed by atoms with Crippen LogP contribution in [0.2, 0.25) is 0 Å². The third-order valence-electron chi connectivity index (χ3n) is 1.41. The van der Waals surface area contributed by atoms with Crippen molar-refractivity contribution in [2.24, 2.45) is 27.8 Å². The number of hydrazone groups is 1. The van der Waals surface area contributed by atoms with Crippen LogP contribution >= 0.6 is 0 Å². The minimum Gasteiger partial charge on any atom is -0.384 e. The van der Waals surface area contributed by atoms with Gasteiger partial charge in [-0.05, 0) is 11.8 Å². The molecule has 0 aromatic heterocycles. The molecular formula is C7H19N5. The van der Waals surface area contributed by atoms with Gasteiger partial charge in [-0.15, -0.1) is 0 Å². The topological polar surface area (TPSA) is 102 Å². The summed E-state index contributed by atoms with van der Waals surface area (Å²) in [4.78, 5) is 0. The number of hydrogen-bond donors (Lipinski definition) is 4. The predicted molar refractivity (Wildman–Crippen MR) is 51.0 cm³/mol. The molecule has 0 fully saturated rings. The van der Waals surface area contributed by atoms with Gasteiger partial charge in [0.05, 0.1) is 6.04 Å². The highest BCUT2D eigenvalue weighted by molar-refractivity contribution is 5.85.